The molecular formula is C21H23ClF4N4O3S. The minimum absolute atomic E-state index is 0.214. The van der Waals surface area contributed by atoms with Gasteiger partial charge in [0.15, 0.2) is 0 Å². The van der Waals surface area contributed by atoms with E-state index in [-0.39, 0.29) is 21.6 Å². The summed E-state index contributed by atoms with van der Waals surface area (Å²) in [5.74, 6) is -1.43. The predicted molar refractivity (Wildman–Crippen MR) is 121 cm³/mol. The number of carbonyl (C=O) groups is 1. The summed E-state index contributed by atoms with van der Waals surface area (Å²) in [6.45, 7) is 5.93. The molecule has 1 fully saturated rings. The summed E-state index contributed by atoms with van der Waals surface area (Å²) in [6, 6.07) is 5.09. The van der Waals surface area contributed by atoms with E-state index in [0.717, 1.165) is 6.20 Å². The summed E-state index contributed by atoms with van der Waals surface area (Å²) in [5.41, 5.74) is 0.220. The molecule has 0 saturated carbocycles. The first-order valence-electron chi connectivity index (χ1n) is 10.3. The number of ether oxygens (including phenoxy) is 1. The Kier molecular flexibility index (Phi) is 8.37. The summed E-state index contributed by atoms with van der Waals surface area (Å²) in [7, 11) is -1.64. The number of anilines is 1. The fraction of sp³-hybridized carbons (Fsp3) is 0.429. The van der Waals surface area contributed by atoms with E-state index >= 15 is 0 Å². The van der Waals surface area contributed by atoms with Crippen LogP contribution < -0.4 is 14.4 Å². The molecule has 34 heavy (non-hydrogen) atoms. The number of hydrogen-bond donors (Lipinski definition) is 1. The van der Waals surface area contributed by atoms with Crippen LogP contribution in [0.3, 0.4) is 0 Å². The van der Waals surface area contributed by atoms with E-state index < -0.39 is 29.1 Å². The number of rotatable bonds is 7. The van der Waals surface area contributed by atoms with Crippen LogP contribution in [0.1, 0.15) is 29.8 Å². The second-order valence-electron chi connectivity index (χ2n) is 7.86. The second kappa shape index (κ2) is 10.9. The lowest BCUT2D eigenvalue weighted by Crippen LogP contribution is -2.46. The van der Waals surface area contributed by atoms with Gasteiger partial charge < -0.3 is 9.64 Å². The van der Waals surface area contributed by atoms with Crippen LogP contribution in [0.15, 0.2) is 30.5 Å². The monoisotopic (exact) mass is 522 g/mol. The van der Waals surface area contributed by atoms with E-state index in [1.165, 1.54) is 24.3 Å². The number of carbonyl (C=O) groups excluding carboxylic acids is 1. The van der Waals surface area contributed by atoms with Gasteiger partial charge in [0.2, 0.25) is 0 Å². The van der Waals surface area contributed by atoms with Gasteiger partial charge >= 0.3 is 6.36 Å². The Morgan fingerprint density at radius 3 is 2.47 bits per heavy atom. The Hall–Kier alpha value is -2.44. The zero-order chi connectivity index (χ0) is 25.0. The summed E-state index contributed by atoms with van der Waals surface area (Å²) in [6.07, 6.45) is -3.75. The molecule has 0 bridgehead atoms. The first-order valence-corrected chi connectivity index (χ1v) is 11.9. The Balaban J connectivity index is 1.58. The molecule has 0 radical (unpaired) electrons. The van der Waals surface area contributed by atoms with Crippen LogP contribution >= 0.6 is 11.6 Å². The highest BCUT2D eigenvalue weighted by Gasteiger charge is 2.31. The van der Waals surface area contributed by atoms with Crippen LogP contribution in [0.2, 0.25) is 5.02 Å². The zero-order valence-corrected chi connectivity index (χ0v) is 19.9. The number of pyridine rings is 1. The van der Waals surface area contributed by atoms with E-state index in [0.29, 0.717) is 44.1 Å². The fourth-order valence-corrected chi connectivity index (χ4v) is 4.03. The normalized spacial score (nSPS) is 15.9. The average Bonchev–Trinajstić information content (AvgIpc) is 2.76. The number of hydrogen-bond acceptors (Lipinski definition) is 6. The van der Waals surface area contributed by atoms with Gasteiger partial charge in [0, 0.05) is 43.0 Å². The van der Waals surface area contributed by atoms with E-state index in [9.17, 15) is 26.6 Å². The Labute approximate surface area is 201 Å². The SMILES string of the molecule is CC(C)S(=O)NC(=O)c1cc(Cl)c(CN2CCN(c3ccc(OC(F)(F)F)cn3)CC2)cc1F. The van der Waals surface area contributed by atoms with Crippen molar-refractivity contribution in [1.82, 2.24) is 14.6 Å². The van der Waals surface area contributed by atoms with Crippen LogP contribution in [0, 0.1) is 5.82 Å². The fourth-order valence-electron chi connectivity index (χ4n) is 3.28. The number of piperazine rings is 1. The quantitative estimate of drug-likeness (QED) is 0.556. The standard InChI is InChI=1S/C21H23ClF4N4O3S/c1-13(2)34(32)28-20(31)16-10-17(22)14(9-18(16)23)12-29-5-7-30(8-6-29)19-4-3-15(11-27-19)33-21(24,25)26/h3-4,9-11,13H,5-8,12H2,1-2H3,(H,28,31). The lowest BCUT2D eigenvalue weighted by molar-refractivity contribution is -0.274. The average molecular weight is 523 g/mol. The third-order valence-electron chi connectivity index (χ3n) is 5.05. The van der Waals surface area contributed by atoms with Gasteiger partial charge in [-0.15, -0.1) is 13.2 Å². The minimum Gasteiger partial charge on any atom is -0.404 e. The van der Waals surface area contributed by atoms with Crippen LogP contribution in [-0.4, -0.2) is 57.8 Å². The third-order valence-corrected chi connectivity index (χ3v) is 6.64. The largest absolute Gasteiger partial charge is 0.573 e. The molecule has 1 aromatic heterocycles. The van der Waals surface area contributed by atoms with Crippen molar-refractivity contribution >= 4 is 34.3 Å². The maximum Gasteiger partial charge on any atom is 0.573 e. The summed E-state index contributed by atoms with van der Waals surface area (Å²) >= 11 is 6.29. The third kappa shape index (κ3) is 7.03. The van der Waals surface area contributed by atoms with Gasteiger partial charge in [-0.2, -0.15) is 0 Å². The number of nitrogens with zero attached hydrogens (tertiary/aromatic N) is 3. The molecule has 1 atom stereocenters. The molecule has 1 aromatic carbocycles. The number of amides is 1. The van der Waals surface area contributed by atoms with Crippen molar-refractivity contribution in [1.29, 1.82) is 0 Å². The van der Waals surface area contributed by atoms with Crippen LogP contribution in [0.4, 0.5) is 23.4 Å². The highest BCUT2D eigenvalue weighted by atomic mass is 35.5. The maximum atomic E-state index is 14.6. The first-order chi connectivity index (χ1) is 15.9. The topological polar surface area (TPSA) is 74.8 Å². The van der Waals surface area contributed by atoms with Crippen molar-refractivity contribution < 1.29 is 31.3 Å². The number of aromatic nitrogens is 1. The molecule has 186 valence electrons. The molecule has 1 aliphatic rings. The van der Waals surface area contributed by atoms with E-state index in [1.54, 1.807) is 13.8 Å². The zero-order valence-electron chi connectivity index (χ0n) is 18.4. The molecule has 2 heterocycles. The predicted octanol–water partition coefficient (Wildman–Crippen LogP) is 3.90. The molecule has 1 N–H and O–H groups in total. The van der Waals surface area contributed by atoms with Gasteiger partial charge in [0.25, 0.3) is 5.91 Å². The molecule has 13 heteroatoms. The van der Waals surface area contributed by atoms with Gasteiger partial charge in [-0.25, -0.2) is 13.6 Å². The van der Waals surface area contributed by atoms with Gasteiger partial charge in [-0.1, -0.05) is 11.6 Å². The number of halogens is 5. The van der Waals surface area contributed by atoms with Crippen LogP contribution in [-0.2, 0) is 17.5 Å². The smallest absolute Gasteiger partial charge is 0.404 e. The molecule has 3 rings (SSSR count). The van der Waals surface area contributed by atoms with E-state index in [1.807, 2.05) is 9.80 Å². The van der Waals surface area contributed by atoms with Crippen molar-refractivity contribution in [3.05, 3.63) is 52.4 Å². The number of benzene rings is 1. The Morgan fingerprint density at radius 2 is 1.91 bits per heavy atom. The van der Waals surface area contributed by atoms with Gasteiger partial charge in [0.1, 0.15) is 28.4 Å². The highest BCUT2D eigenvalue weighted by molar-refractivity contribution is 7.84. The van der Waals surface area contributed by atoms with Crippen molar-refractivity contribution in [2.45, 2.75) is 32.0 Å². The van der Waals surface area contributed by atoms with Crippen molar-refractivity contribution in [3.8, 4) is 5.75 Å². The molecule has 2 aromatic rings. The van der Waals surface area contributed by atoms with E-state index in [2.05, 4.69) is 14.4 Å². The van der Waals surface area contributed by atoms with E-state index in [4.69, 9.17) is 11.6 Å². The molecule has 7 nitrogen and oxygen atoms in total. The Bertz CT molecular complexity index is 1050. The number of alkyl halides is 3. The van der Waals surface area contributed by atoms with Gasteiger partial charge in [-0.05, 0) is 43.7 Å². The summed E-state index contributed by atoms with van der Waals surface area (Å²) in [5, 5.41) is -0.104. The molecule has 0 aliphatic carbocycles. The molecule has 1 amide bonds. The lowest BCUT2D eigenvalue weighted by Gasteiger charge is -2.35. The molecule has 0 spiro atoms. The maximum absolute atomic E-state index is 14.6. The molecule has 1 saturated heterocycles. The molecule has 1 unspecified atom stereocenters. The second-order valence-corrected chi connectivity index (χ2v) is 10.0. The van der Waals surface area contributed by atoms with Gasteiger partial charge in [0.05, 0.1) is 11.8 Å². The summed E-state index contributed by atoms with van der Waals surface area (Å²) in [4.78, 5) is 20.2. The van der Waals surface area contributed by atoms with Gasteiger partial charge in [-0.3, -0.25) is 14.4 Å². The van der Waals surface area contributed by atoms with Crippen LogP contribution in [0.25, 0.3) is 0 Å². The minimum atomic E-state index is -4.77. The number of nitrogens with one attached hydrogen (secondary N) is 1. The van der Waals surface area contributed by atoms with Crippen molar-refractivity contribution in [3.63, 3.8) is 0 Å². The van der Waals surface area contributed by atoms with Crippen LogP contribution in [0.5, 0.6) is 5.75 Å². The molecular weight excluding hydrogens is 500 g/mol. The Morgan fingerprint density at radius 1 is 1.24 bits per heavy atom. The summed E-state index contributed by atoms with van der Waals surface area (Å²) < 4.78 is 69.3. The highest BCUT2D eigenvalue weighted by Crippen LogP contribution is 2.26. The van der Waals surface area contributed by atoms with Crippen molar-refractivity contribution in [2.24, 2.45) is 0 Å². The first kappa shape index (κ1) is 26.2. The molecule has 1 aliphatic heterocycles. The lowest BCUT2D eigenvalue weighted by atomic mass is 10.1. The van der Waals surface area contributed by atoms with Crippen molar-refractivity contribution in [2.75, 3.05) is 31.1 Å².